The molecule has 0 fully saturated rings. The van der Waals surface area contributed by atoms with Crippen LogP contribution in [-0.4, -0.2) is 33.1 Å². The second kappa shape index (κ2) is 4.41. The first-order valence-electron chi connectivity index (χ1n) is 6.71. The summed E-state index contributed by atoms with van der Waals surface area (Å²) < 4.78 is 1.06. The molecule has 0 aliphatic carbocycles. The quantitative estimate of drug-likeness (QED) is 0.528. The number of nitrogens with one attached hydrogen (secondary N) is 2. The van der Waals surface area contributed by atoms with Crippen LogP contribution in [0.3, 0.4) is 0 Å². The van der Waals surface area contributed by atoms with Gasteiger partial charge < -0.3 is 15.4 Å². The summed E-state index contributed by atoms with van der Waals surface area (Å²) in [4.78, 5) is 23.3. The van der Waals surface area contributed by atoms with Crippen molar-refractivity contribution >= 4 is 54.5 Å². The molecule has 0 amide bonds. The molecule has 4 aromatic rings. The number of anilines is 1. The molecule has 0 radical (unpaired) electrons. The number of hydrogen-bond acceptors (Lipinski definition) is 5. The number of carboxylic acid groups (broad SMARTS) is 1. The van der Waals surface area contributed by atoms with Crippen molar-refractivity contribution < 1.29 is 9.90 Å². The minimum Gasteiger partial charge on any atom is -0.477 e. The number of pyridine rings is 1. The Bertz CT molecular complexity index is 1060. The van der Waals surface area contributed by atoms with Crippen LogP contribution in [0, 0.1) is 6.92 Å². The smallest absolute Gasteiger partial charge is 0.354 e. The summed E-state index contributed by atoms with van der Waals surface area (Å²) in [6.07, 6.45) is 1.57. The molecular weight excluding hydrogens is 300 g/mol. The van der Waals surface area contributed by atoms with E-state index in [2.05, 4.69) is 20.3 Å². The number of benzene rings is 1. The number of carbonyl (C=O) groups is 1. The van der Waals surface area contributed by atoms with Crippen LogP contribution in [0.5, 0.6) is 0 Å². The number of aromatic amines is 1. The zero-order valence-electron chi connectivity index (χ0n) is 11.9. The minimum absolute atomic E-state index is 0.0782. The second-order valence-electron chi connectivity index (χ2n) is 5.05. The molecule has 0 saturated heterocycles. The third-order valence-electron chi connectivity index (χ3n) is 3.82. The molecular formula is C15H12N4O2S. The molecule has 0 spiro atoms. The Morgan fingerprint density at radius 2 is 2.14 bits per heavy atom. The summed E-state index contributed by atoms with van der Waals surface area (Å²) in [5.41, 5.74) is 3.37. The monoisotopic (exact) mass is 312 g/mol. The highest BCUT2D eigenvalue weighted by atomic mass is 32.1. The fourth-order valence-electron chi connectivity index (χ4n) is 2.85. The lowest BCUT2D eigenvalue weighted by atomic mass is 10.1. The molecule has 3 aromatic heterocycles. The molecule has 6 nitrogen and oxygen atoms in total. The van der Waals surface area contributed by atoms with Crippen molar-refractivity contribution in [3.8, 4) is 0 Å². The summed E-state index contributed by atoms with van der Waals surface area (Å²) in [6.45, 7) is 1.79. The average molecular weight is 312 g/mol. The molecule has 0 saturated carbocycles. The molecule has 7 heteroatoms. The number of rotatable bonds is 2. The summed E-state index contributed by atoms with van der Waals surface area (Å²) in [5.74, 6) is -1.02. The number of aromatic carboxylic acids is 1. The first kappa shape index (κ1) is 13.0. The number of thiazole rings is 1. The largest absolute Gasteiger partial charge is 0.477 e. The van der Waals surface area contributed by atoms with Crippen LogP contribution in [0.1, 0.15) is 16.1 Å². The molecule has 0 aliphatic heterocycles. The van der Waals surface area contributed by atoms with E-state index < -0.39 is 5.97 Å². The van der Waals surface area contributed by atoms with Crippen molar-refractivity contribution in [3.63, 3.8) is 0 Å². The molecule has 0 aliphatic rings. The van der Waals surface area contributed by atoms with Crippen molar-refractivity contribution in [2.75, 3.05) is 12.4 Å². The minimum atomic E-state index is -1.02. The number of aryl methyl sites for hydroxylation is 1. The highest BCUT2D eigenvalue weighted by molar-refractivity contribution is 7.22. The van der Waals surface area contributed by atoms with Crippen LogP contribution in [-0.2, 0) is 0 Å². The van der Waals surface area contributed by atoms with E-state index >= 15 is 0 Å². The lowest BCUT2D eigenvalue weighted by molar-refractivity contribution is 0.0690. The van der Waals surface area contributed by atoms with Gasteiger partial charge in [0.2, 0.25) is 0 Å². The van der Waals surface area contributed by atoms with Crippen molar-refractivity contribution in [3.05, 3.63) is 29.6 Å². The summed E-state index contributed by atoms with van der Waals surface area (Å²) in [6, 6.07) is 4.02. The maximum absolute atomic E-state index is 11.3. The number of aromatic nitrogens is 3. The van der Waals surface area contributed by atoms with Crippen LogP contribution < -0.4 is 5.32 Å². The molecule has 0 unspecified atom stereocenters. The van der Waals surface area contributed by atoms with Gasteiger partial charge in [-0.25, -0.2) is 14.8 Å². The van der Waals surface area contributed by atoms with Gasteiger partial charge in [-0.3, -0.25) is 0 Å². The number of fused-ring (bicyclic) bond motifs is 5. The highest BCUT2D eigenvalue weighted by Gasteiger charge is 2.18. The molecule has 0 bridgehead atoms. The normalized spacial score (nSPS) is 11.5. The van der Waals surface area contributed by atoms with Crippen LogP contribution >= 0.6 is 11.3 Å². The Morgan fingerprint density at radius 3 is 2.86 bits per heavy atom. The van der Waals surface area contributed by atoms with E-state index in [-0.39, 0.29) is 5.69 Å². The molecule has 110 valence electrons. The predicted octanol–water partition coefficient (Wildman–Crippen LogP) is 3.37. The van der Waals surface area contributed by atoms with E-state index in [0.29, 0.717) is 5.56 Å². The lowest BCUT2D eigenvalue weighted by Crippen LogP contribution is -2.03. The number of H-pyrrole nitrogens is 1. The summed E-state index contributed by atoms with van der Waals surface area (Å²) in [7, 11) is 1.84. The van der Waals surface area contributed by atoms with Crippen molar-refractivity contribution in [2.24, 2.45) is 0 Å². The number of carboxylic acids is 1. The van der Waals surface area contributed by atoms with Crippen LogP contribution in [0.25, 0.3) is 32.0 Å². The Kier molecular flexibility index (Phi) is 2.61. The van der Waals surface area contributed by atoms with Crippen LogP contribution in [0.2, 0.25) is 0 Å². The van der Waals surface area contributed by atoms with Crippen molar-refractivity contribution in [1.29, 1.82) is 0 Å². The highest BCUT2D eigenvalue weighted by Crippen LogP contribution is 2.37. The predicted molar refractivity (Wildman–Crippen MR) is 88.0 cm³/mol. The first-order chi connectivity index (χ1) is 10.6. The Hall–Kier alpha value is -2.67. The van der Waals surface area contributed by atoms with Gasteiger partial charge in [0.15, 0.2) is 10.8 Å². The fourth-order valence-corrected chi connectivity index (χ4v) is 3.67. The van der Waals surface area contributed by atoms with E-state index in [1.165, 1.54) is 0 Å². The summed E-state index contributed by atoms with van der Waals surface area (Å²) in [5, 5.41) is 15.0. The standard InChI is InChI=1S/C15H12N4O2S/c1-6-10-8(5-17-12(6)14(20)21)18-7-3-4-9-13(11(7)10)19-15(16-2)22-9/h3-5,18H,1-2H3,(H,16,19)(H,20,21). The molecule has 3 heterocycles. The molecule has 4 rings (SSSR count). The Balaban J connectivity index is 2.24. The lowest BCUT2D eigenvalue weighted by Gasteiger charge is -2.02. The third-order valence-corrected chi connectivity index (χ3v) is 4.86. The number of nitrogens with zero attached hydrogens (tertiary/aromatic N) is 2. The molecule has 3 N–H and O–H groups in total. The van der Waals surface area contributed by atoms with Crippen molar-refractivity contribution in [1.82, 2.24) is 15.0 Å². The zero-order chi connectivity index (χ0) is 15.4. The molecule has 22 heavy (non-hydrogen) atoms. The maximum atomic E-state index is 11.3. The Morgan fingerprint density at radius 1 is 1.32 bits per heavy atom. The van der Waals surface area contributed by atoms with E-state index in [1.54, 1.807) is 24.5 Å². The average Bonchev–Trinajstić information content (AvgIpc) is 3.07. The zero-order valence-corrected chi connectivity index (χ0v) is 12.7. The van der Waals surface area contributed by atoms with Gasteiger partial charge >= 0.3 is 5.97 Å². The fraction of sp³-hybridized carbons (Fsp3) is 0.133. The van der Waals surface area contributed by atoms with Gasteiger partial charge in [0.25, 0.3) is 0 Å². The maximum Gasteiger partial charge on any atom is 0.354 e. The van der Waals surface area contributed by atoms with E-state index in [4.69, 9.17) is 0 Å². The topological polar surface area (TPSA) is 90.9 Å². The van der Waals surface area contributed by atoms with E-state index in [0.717, 1.165) is 37.2 Å². The second-order valence-corrected chi connectivity index (χ2v) is 6.09. The van der Waals surface area contributed by atoms with Crippen LogP contribution in [0.15, 0.2) is 18.3 Å². The van der Waals surface area contributed by atoms with Gasteiger partial charge in [-0.2, -0.15) is 0 Å². The van der Waals surface area contributed by atoms with E-state index in [1.807, 2.05) is 19.2 Å². The molecule has 1 aromatic carbocycles. The van der Waals surface area contributed by atoms with Gasteiger partial charge in [-0.05, 0) is 24.6 Å². The number of hydrogen-bond donors (Lipinski definition) is 3. The van der Waals surface area contributed by atoms with Gasteiger partial charge in [-0.15, -0.1) is 0 Å². The summed E-state index contributed by atoms with van der Waals surface area (Å²) >= 11 is 1.57. The first-order valence-corrected chi connectivity index (χ1v) is 7.53. The van der Waals surface area contributed by atoms with Gasteiger partial charge in [0.1, 0.15) is 0 Å². The van der Waals surface area contributed by atoms with Gasteiger partial charge in [-0.1, -0.05) is 11.3 Å². The van der Waals surface area contributed by atoms with Crippen molar-refractivity contribution in [2.45, 2.75) is 6.92 Å². The molecule has 0 atom stereocenters. The van der Waals surface area contributed by atoms with Crippen LogP contribution in [0.4, 0.5) is 5.13 Å². The van der Waals surface area contributed by atoms with E-state index in [9.17, 15) is 9.90 Å². The SMILES string of the molecule is CNc1nc2c(ccc3[nH]c4cnc(C(=O)O)c(C)c4c32)s1. The Labute approximate surface area is 128 Å². The third kappa shape index (κ3) is 1.62. The van der Waals surface area contributed by atoms with Gasteiger partial charge in [0, 0.05) is 23.3 Å². The van der Waals surface area contributed by atoms with Gasteiger partial charge in [0.05, 0.1) is 21.9 Å².